The number of hydrogen-bond donors (Lipinski definition) is 2. The number of nitrogens with zero attached hydrogens (tertiary/aromatic N) is 2. The molecule has 94 valence electrons. The normalized spacial score (nSPS) is 22.9. The van der Waals surface area contributed by atoms with Gasteiger partial charge < -0.3 is 15.4 Å². The minimum atomic E-state index is -0.0530. The second kappa shape index (κ2) is 5.18. The van der Waals surface area contributed by atoms with Gasteiger partial charge in [0.1, 0.15) is 6.54 Å². The Morgan fingerprint density at radius 3 is 3.06 bits per heavy atom. The van der Waals surface area contributed by atoms with Gasteiger partial charge in [0, 0.05) is 26.4 Å². The lowest BCUT2D eigenvalue weighted by atomic mass is 9.89. The molecule has 6 heteroatoms. The van der Waals surface area contributed by atoms with Gasteiger partial charge in [0.25, 0.3) is 0 Å². The molecule has 0 saturated heterocycles. The number of nitrogens with one attached hydrogen (secondary N) is 2. The molecule has 0 atom stereocenters. The molecule has 0 aliphatic heterocycles. The molecule has 0 radical (unpaired) electrons. The molecule has 2 N–H and O–H groups in total. The van der Waals surface area contributed by atoms with E-state index in [1.165, 1.54) is 0 Å². The zero-order valence-electron chi connectivity index (χ0n) is 10.1. The van der Waals surface area contributed by atoms with Crippen LogP contribution in [0, 0.1) is 0 Å². The Balaban J connectivity index is 1.80. The third kappa shape index (κ3) is 2.97. The van der Waals surface area contributed by atoms with Gasteiger partial charge in [-0.25, -0.2) is 0 Å². The number of likely N-dealkylation sites (N-methyl/N-ethyl adjacent to an activating group) is 1. The van der Waals surface area contributed by atoms with E-state index >= 15 is 0 Å². The first-order chi connectivity index (χ1) is 8.21. The zero-order chi connectivity index (χ0) is 12.3. The van der Waals surface area contributed by atoms with E-state index in [0.29, 0.717) is 12.1 Å². The van der Waals surface area contributed by atoms with Gasteiger partial charge in [0.15, 0.2) is 0 Å². The van der Waals surface area contributed by atoms with Gasteiger partial charge >= 0.3 is 0 Å². The fourth-order valence-electron chi connectivity index (χ4n) is 1.86. The summed E-state index contributed by atoms with van der Waals surface area (Å²) in [5.74, 6) is -0.0530. The molecule has 1 saturated carbocycles. The number of anilines is 1. The molecule has 1 heterocycles. The first kappa shape index (κ1) is 11.9. The SMILES string of the molecule is CNC(=O)Cn1cc(NC2CC(OC)C2)cn1. The number of hydrogen-bond acceptors (Lipinski definition) is 4. The molecule has 1 aromatic heterocycles. The molecule has 0 unspecified atom stereocenters. The molecule has 2 rings (SSSR count). The van der Waals surface area contributed by atoms with Crippen LogP contribution in [-0.2, 0) is 16.1 Å². The maximum absolute atomic E-state index is 11.2. The predicted molar refractivity (Wildman–Crippen MR) is 63.7 cm³/mol. The predicted octanol–water partition coefficient (Wildman–Crippen LogP) is 0.218. The van der Waals surface area contributed by atoms with Crippen LogP contribution in [0.5, 0.6) is 0 Å². The highest BCUT2D eigenvalue weighted by atomic mass is 16.5. The summed E-state index contributed by atoms with van der Waals surface area (Å²) in [5.41, 5.74) is 0.952. The average molecular weight is 238 g/mol. The first-order valence-corrected chi connectivity index (χ1v) is 5.73. The zero-order valence-corrected chi connectivity index (χ0v) is 10.1. The van der Waals surface area contributed by atoms with Gasteiger partial charge in [0.05, 0.1) is 18.0 Å². The van der Waals surface area contributed by atoms with Crippen LogP contribution in [0.4, 0.5) is 5.69 Å². The average Bonchev–Trinajstić information content (AvgIpc) is 2.70. The van der Waals surface area contributed by atoms with E-state index < -0.39 is 0 Å². The number of methoxy groups -OCH3 is 1. The fourth-order valence-corrected chi connectivity index (χ4v) is 1.86. The Labute approximate surface area is 100 Å². The number of aromatic nitrogens is 2. The third-order valence-electron chi connectivity index (χ3n) is 3.02. The Kier molecular flexibility index (Phi) is 3.63. The minimum Gasteiger partial charge on any atom is -0.381 e. The van der Waals surface area contributed by atoms with Crippen molar-refractivity contribution in [2.24, 2.45) is 0 Å². The highest BCUT2D eigenvalue weighted by Gasteiger charge is 2.28. The highest BCUT2D eigenvalue weighted by Crippen LogP contribution is 2.25. The molecule has 1 aromatic rings. The summed E-state index contributed by atoms with van der Waals surface area (Å²) in [6, 6.07) is 0.456. The molecule has 0 bridgehead atoms. The smallest absolute Gasteiger partial charge is 0.241 e. The Hall–Kier alpha value is -1.56. The maximum atomic E-state index is 11.2. The third-order valence-corrected chi connectivity index (χ3v) is 3.02. The monoisotopic (exact) mass is 238 g/mol. The Morgan fingerprint density at radius 2 is 2.41 bits per heavy atom. The van der Waals surface area contributed by atoms with E-state index in [1.54, 1.807) is 25.0 Å². The van der Waals surface area contributed by atoms with Gasteiger partial charge in [-0.05, 0) is 12.8 Å². The number of amides is 1. The molecule has 6 nitrogen and oxygen atoms in total. The van der Waals surface area contributed by atoms with Gasteiger partial charge in [-0.15, -0.1) is 0 Å². The van der Waals surface area contributed by atoms with Crippen molar-refractivity contribution in [1.82, 2.24) is 15.1 Å². The molecule has 1 amide bonds. The van der Waals surface area contributed by atoms with Crippen LogP contribution in [0.2, 0.25) is 0 Å². The van der Waals surface area contributed by atoms with Crippen LogP contribution < -0.4 is 10.6 Å². The quantitative estimate of drug-likeness (QED) is 0.770. The van der Waals surface area contributed by atoms with Crippen LogP contribution in [0.1, 0.15) is 12.8 Å². The maximum Gasteiger partial charge on any atom is 0.241 e. The van der Waals surface area contributed by atoms with Crippen molar-refractivity contribution in [1.29, 1.82) is 0 Å². The summed E-state index contributed by atoms with van der Waals surface area (Å²) in [7, 11) is 3.35. The van der Waals surface area contributed by atoms with E-state index in [9.17, 15) is 4.79 Å². The van der Waals surface area contributed by atoms with Crippen LogP contribution in [0.15, 0.2) is 12.4 Å². The number of rotatable bonds is 5. The largest absolute Gasteiger partial charge is 0.381 e. The summed E-state index contributed by atoms with van der Waals surface area (Å²) in [5, 5.41) is 10.0. The number of carbonyl (C=O) groups is 1. The molecular formula is C11H18N4O2. The molecule has 0 aromatic carbocycles. The van der Waals surface area contributed by atoms with Gasteiger partial charge in [-0.1, -0.05) is 0 Å². The standard InChI is InChI=1S/C11H18N4O2/c1-12-11(16)7-15-6-9(5-13-15)14-8-3-10(4-8)17-2/h5-6,8,10,14H,3-4,7H2,1-2H3,(H,12,16). The van der Waals surface area contributed by atoms with Crippen molar-refractivity contribution in [3.05, 3.63) is 12.4 Å². The minimum absolute atomic E-state index is 0.0530. The molecule has 0 spiro atoms. The van der Waals surface area contributed by atoms with Crippen LogP contribution in [-0.4, -0.2) is 42.0 Å². The van der Waals surface area contributed by atoms with Crippen molar-refractivity contribution < 1.29 is 9.53 Å². The second-order valence-corrected chi connectivity index (χ2v) is 4.27. The number of ether oxygens (including phenoxy) is 1. The van der Waals surface area contributed by atoms with Gasteiger partial charge in [0.2, 0.25) is 5.91 Å². The van der Waals surface area contributed by atoms with Crippen molar-refractivity contribution in [3.8, 4) is 0 Å². The summed E-state index contributed by atoms with van der Waals surface area (Å²) < 4.78 is 6.83. The van der Waals surface area contributed by atoms with E-state index in [4.69, 9.17) is 4.74 Å². The topological polar surface area (TPSA) is 68.2 Å². The Morgan fingerprint density at radius 1 is 1.65 bits per heavy atom. The van der Waals surface area contributed by atoms with E-state index in [2.05, 4.69) is 15.7 Å². The lowest BCUT2D eigenvalue weighted by Crippen LogP contribution is -2.40. The van der Waals surface area contributed by atoms with E-state index in [0.717, 1.165) is 18.5 Å². The van der Waals surface area contributed by atoms with Crippen molar-refractivity contribution in [2.75, 3.05) is 19.5 Å². The summed E-state index contributed by atoms with van der Waals surface area (Å²) >= 11 is 0. The van der Waals surface area contributed by atoms with Gasteiger partial charge in [-0.3, -0.25) is 9.48 Å². The fraction of sp³-hybridized carbons (Fsp3) is 0.636. The molecule has 1 aliphatic rings. The molecule has 1 fully saturated rings. The van der Waals surface area contributed by atoms with Crippen LogP contribution in [0.25, 0.3) is 0 Å². The Bertz CT molecular complexity index is 385. The molecular weight excluding hydrogens is 220 g/mol. The highest BCUT2D eigenvalue weighted by molar-refractivity contribution is 5.75. The molecule has 1 aliphatic carbocycles. The van der Waals surface area contributed by atoms with Crippen LogP contribution >= 0.6 is 0 Å². The number of carbonyl (C=O) groups excluding carboxylic acids is 1. The summed E-state index contributed by atoms with van der Waals surface area (Å²) in [6.07, 6.45) is 6.01. The van der Waals surface area contributed by atoms with Gasteiger partial charge in [-0.2, -0.15) is 5.10 Å². The second-order valence-electron chi connectivity index (χ2n) is 4.27. The lowest BCUT2D eigenvalue weighted by molar-refractivity contribution is -0.121. The summed E-state index contributed by atoms with van der Waals surface area (Å²) in [6.45, 7) is 0.254. The van der Waals surface area contributed by atoms with Crippen molar-refractivity contribution in [3.63, 3.8) is 0 Å². The summed E-state index contributed by atoms with van der Waals surface area (Å²) in [4.78, 5) is 11.2. The van der Waals surface area contributed by atoms with Crippen LogP contribution in [0.3, 0.4) is 0 Å². The van der Waals surface area contributed by atoms with E-state index in [1.807, 2.05) is 6.20 Å². The van der Waals surface area contributed by atoms with Crippen molar-refractivity contribution >= 4 is 11.6 Å². The first-order valence-electron chi connectivity index (χ1n) is 5.73. The lowest BCUT2D eigenvalue weighted by Gasteiger charge is -2.34. The van der Waals surface area contributed by atoms with Crippen molar-refractivity contribution in [2.45, 2.75) is 31.5 Å². The molecule has 17 heavy (non-hydrogen) atoms. The van der Waals surface area contributed by atoms with E-state index in [-0.39, 0.29) is 12.5 Å².